The standard InChI is InChI=1S/C15H21N3O2S/c1-12-5-4-6-13(7-12)9-17-21(19,20)15-8-14(10-16-2)18(3)11-15/h4-8,11,16-17H,9-10H2,1-3H3. The highest BCUT2D eigenvalue weighted by Crippen LogP contribution is 2.14. The maximum Gasteiger partial charge on any atom is 0.242 e. The molecule has 0 radical (unpaired) electrons. The van der Waals surface area contributed by atoms with Crippen LogP contribution in [0.3, 0.4) is 0 Å². The number of hydrogen-bond donors (Lipinski definition) is 2. The van der Waals surface area contributed by atoms with Gasteiger partial charge in [0.05, 0.1) is 4.90 Å². The molecule has 0 unspecified atom stereocenters. The number of rotatable bonds is 6. The number of aromatic nitrogens is 1. The lowest BCUT2D eigenvalue weighted by molar-refractivity contribution is 0.581. The van der Waals surface area contributed by atoms with E-state index < -0.39 is 10.0 Å². The third kappa shape index (κ3) is 3.93. The summed E-state index contributed by atoms with van der Waals surface area (Å²) in [5.74, 6) is 0. The lowest BCUT2D eigenvalue weighted by atomic mass is 10.1. The van der Waals surface area contributed by atoms with Gasteiger partial charge in [-0.3, -0.25) is 0 Å². The van der Waals surface area contributed by atoms with Gasteiger partial charge in [-0.1, -0.05) is 29.8 Å². The minimum absolute atomic E-state index is 0.292. The van der Waals surface area contributed by atoms with E-state index in [9.17, 15) is 8.42 Å². The molecule has 21 heavy (non-hydrogen) atoms. The molecule has 0 saturated heterocycles. The van der Waals surface area contributed by atoms with Crippen LogP contribution in [0, 0.1) is 6.92 Å². The number of aryl methyl sites for hydroxylation is 2. The smallest absolute Gasteiger partial charge is 0.242 e. The number of benzene rings is 1. The largest absolute Gasteiger partial charge is 0.352 e. The van der Waals surface area contributed by atoms with Crippen LogP contribution >= 0.6 is 0 Å². The fourth-order valence-corrected chi connectivity index (χ4v) is 3.28. The van der Waals surface area contributed by atoms with E-state index in [0.29, 0.717) is 18.0 Å². The van der Waals surface area contributed by atoms with E-state index in [2.05, 4.69) is 10.0 Å². The van der Waals surface area contributed by atoms with Crippen molar-refractivity contribution in [3.05, 3.63) is 53.3 Å². The van der Waals surface area contributed by atoms with E-state index in [1.807, 2.05) is 49.9 Å². The first-order valence-corrected chi connectivity index (χ1v) is 8.26. The van der Waals surface area contributed by atoms with Gasteiger partial charge in [0.25, 0.3) is 0 Å². The van der Waals surface area contributed by atoms with Crippen LogP contribution in [-0.4, -0.2) is 20.0 Å². The van der Waals surface area contributed by atoms with Crippen molar-refractivity contribution in [1.82, 2.24) is 14.6 Å². The second-order valence-corrected chi connectivity index (χ2v) is 6.89. The van der Waals surface area contributed by atoms with Crippen molar-refractivity contribution in [2.24, 2.45) is 7.05 Å². The third-order valence-electron chi connectivity index (χ3n) is 3.30. The average Bonchev–Trinajstić information content (AvgIpc) is 2.80. The van der Waals surface area contributed by atoms with E-state index in [0.717, 1.165) is 16.8 Å². The second-order valence-electron chi connectivity index (χ2n) is 5.12. The van der Waals surface area contributed by atoms with Gasteiger partial charge in [-0.25, -0.2) is 13.1 Å². The molecule has 0 aliphatic heterocycles. The van der Waals surface area contributed by atoms with E-state index in [1.54, 1.807) is 12.3 Å². The predicted molar refractivity (Wildman–Crippen MR) is 83.4 cm³/mol. The van der Waals surface area contributed by atoms with Crippen molar-refractivity contribution >= 4 is 10.0 Å². The Hall–Kier alpha value is -1.63. The Morgan fingerprint density at radius 3 is 2.62 bits per heavy atom. The summed E-state index contributed by atoms with van der Waals surface area (Å²) in [6.45, 7) is 2.91. The Labute approximate surface area is 126 Å². The highest BCUT2D eigenvalue weighted by Gasteiger charge is 2.17. The molecule has 1 aromatic carbocycles. The van der Waals surface area contributed by atoms with Crippen molar-refractivity contribution in [2.75, 3.05) is 7.05 Å². The Kier molecular flexibility index (Phi) is 4.82. The molecule has 1 heterocycles. The van der Waals surface area contributed by atoms with Crippen molar-refractivity contribution in [3.8, 4) is 0 Å². The Balaban J connectivity index is 2.13. The molecule has 6 heteroatoms. The minimum Gasteiger partial charge on any atom is -0.352 e. The molecule has 5 nitrogen and oxygen atoms in total. The SMILES string of the molecule is CNCc1cc(S(=O)(=O)NCc2cccc(C)c2)cn1C. The summed E-state index contributed by atoms with van der Waals surface area (Å²) < 4.78 is 29.1. The molecule has 2 N–H and O–H groups in total. The van der Waals surface area contributed by atoms with Crippen LogP contribution in [0.25, 0.3) is 0 Å². The molecule has 0 saturated carbocycles. The Bertz CT molecular complexity index is 720. The number of sulfonamides is 1. The monoisotopic (exact) mass is 307 g/mol. The number of nitrogens with zero attached hydrogens (tertiary/aromatic N) is 1. The Morgan fingerprint density at radius 1 is 1.19 bits per heavy atom. The Morgan fingerprint density at radius 2 is 1.95 bits per heavy atom. The normalized spacial score (nSPS) is 11.8. The van der Waals surface area contributed by atoms with Crippen molar-refractivity contribution in [1.29, 1.82) is 0 Å². The zero-order valence-corrected chi connectivity index (χ0v) is 13.4. The molecule has 0 bridgehead atoms. The van der Waals surface area contributed by atoms with Gasteiger partial charge in [0.1, 0.15) is 0 Å². The summed E-state index contributed by atoms with van der Waals surface area (Å²) in [4.78, 5) is 0.294. The van der Waals surface area contributed by atoms with Gasteiger partial charge < -0.3 is 9.88 Å². The fourth-order valence-electron chi connectivity index (χ4n) is 2.16. The van der Waals surface area contributed by atoms with E-state index in [4.69, 9.17) is 0 Å². The van der Waals surface area contributed by atoms with E-state index in [-0.39, 0.29) is 0 Å². The van der Waals surface area contributed by atoms with Crippen LogP contribution in [0.1, 0.15) is 16.8 Å². The van der Waals surface area contributed by atoms with Crippen molar-refractivity contribution in [3.63, 3.8) is 0 Å². The molecule has 0 spiro atoms. The lowest BCUT2D eigenvalue weighted by Gasteiger charge is -2.05. The van der Waals surface area contributed by atoms with Crippen LogP contribution < -0.4 is 10.0 Å². The average molecular weight is 307 g/mol. The molecular formula is C15H21N3O2S. The molecular weight excluding hydrogens is 286 g/mol. The predicted octanol–water partition coefficient (Wildman–Crippen LogP) is 1.53. The van der Waals surface area contributed by atoms with Crippen molar-refractivity contribution in [2.45, 2.75) is 24.9 Å². The molecule has 114 valence electrons. The van der Waals surface area contributed by atoms with Gasteiger partial charge >= 0.3 is 0 Å². The van der Waals surface area contributed by atoms with Gasteiger partial charge in [0, 0.05) is 32.0 Å². The third-order valence-corrected chi connectivity index (χ3v) is 4.67. The van der Waals surface area contributed by atoms with E-state index >= 15 is 0 Å². The lowest BCUT2D eigenvalue weighted by Crippen LogP contribution is -2.22. The zero-order chi connectivity index (χ0) is 15.5. The molecule has 0 amide bonds. The summed E-state index contributed by atoms with van der Waals surface area (Å²) in [5, 5.41) is 3.02. The number of nitrogens with one attached hydrogen (secondary N) is 2. The zero-order valence-electron chi connectivity index (χ0n) is 12.6. The summed E-state index contributed by atoms with van der Waals surface area (Å²) in [5.41, 5.74) is 2.99. The van der Waals surface area contributed by atoms with Gasteiger partial charge in [-0.15, -0.1) is 0 Å². The van der Waals surface area contributed by atoms with Gasteiger partial charge in [0.15, 0.2) is 0 Å². The summed E-state index contributed by atoms with van der Waals surface area (Å²) >= 11 is 0. The van der Waals surface area contributed by atoms with Gasteiger partial charge in [0.2, 0.25) is 10.0 Å². The van der Waals surface area contributed by atoms with Crippen LogP contribution in [0.2, 0.25) is 0 Å². The molecule has 0 atom stereocenters. The highest BCUT2D eigenvalue weighted by atomic mass is 32.2. The fraction of sp³-hybridized carbons (Fsp3) is 0.333. The summed E-state index contributed by atoms with van der Waals surface area (Å²) in [6, 6.07) is 9.48. The number of hydrogen-bond acceptors (Lipinski definition) is 3. The van der Waals surface area contributed by atoms with Crippen molar-refractivity contribution < 1.29 is 8.42 Å². The topological polar surface area (TPSA) is 63.1 Å². The first kappa shape index (κ1) is 15.8. The maximum absolute atomic E-state index is 12.3. The molecule has 2 aromatic rings. The van der Waals surface area contributed by atoms with E-state index in [1.165, 1.54) is 0 Å². The van der Waals surface area contributed by atoms with Gasteiger partial charge in [-0.2, -0.15) is 0 Å². The second kappa shape index (κ2) is 6.43. The molecule has 0 aliphatic carbocycles. The molecule has 0 aliphatic rings. The first-order valence-electron chi connectivity index (χ1n) is 6.77. The molecule has 2 rings (SSSR count). The first-order chi connectivity index (χ1) is 9.92. The molecule has 1 aromatic heterocycles. The summed E-state index contributed by atoms with van der Waals surface area (Å²) in [6.07, 6.45) is 1.63. The van der Waals surface area contributed by atoms with Gasteiger partial charge in [-0.05, 0) is 25.6 Å². The quantitative estimate of drug-likeness (QED) is 0.851. The maximum atomic E-state index is 12.3. The summed E-state index contributed by atoms with van der Waals surface area (Å²) in [7, 11) is 0.180. The van der Waals surface area contributed by atoms with Crippen LogP contribution in [0.5, 0.6) is 0 Å². The minimum atomic E-state index is -3.49. The molecule has 0 fully saturated rings. The highest BCUT2D eigenvalue weighted by molar-refractivity contribution is 7.89. The van der Waals surface area contributed by atoms with Crippen LogP contribution in [0.15, 0.2) is 41.4 Å². The van der Waals surface area contributed by atoms with Crippen LogP contribution in [-0.2, 0) is 30.2 Å². The van der Waals surface area contributed by atoms with Crippen LogP contribution in [0.4, 0.5) is 0 Å².